The van der Waals surface area contributed by atoms with Gasteiger partial charge in [0.15, 0.2) is 0 Å². The Hall–Kier alpha value is -0.930. The quantitative estimate of drug-likeness (QED) is 0.888. The van der Waals surface area contributed by atoms with Crippen LogP contribution in [0.4, 0.5) is 0 Å². The molecule has 3 heteroatoms. The van der Waals surface area contributed by atoms with Crippen LogP contribution in [0.1, 0.15) is 46.0 Å². The molecule has 1 rings (SSSR count). The first-order valence-corrected chi connectivity index (χ1v) is 7.18. The molecule has 0 aliphatic rings. The predicted molar refractivity (Wildman–Crippen MR) is 82.0 cm³/mol. The zero-order valence-corrected chi connectivity index (χ0v) is 13.3. The minimum Gasteiger partial charge on any atom is -0.327 e. The highest BCUT2D eigenvalue weighted by Crippen LogP contribution is 2.27. The SMILES string of the molecule is CCN(Cc1cccc(C)n1)C(C(C)N)C(C)(C)C. The molecule has 0 amide bonds. The fourth-order valence-corrected chi connectivity index (χ4v) is 2.97. The molecular weight excluding hydrogens is 234 g/mol. The maximum absolute atomic E-state index is 6.22. The maximum atomic E-state index is 6.22. The van der Waals surface area contributed by atoms with E-state index in [0.717, 1.165) is 24.5 Å². The monoisotopic (exact) mass is 263 g/mol. The molecule has 0 radical (unpaired) electrons. The lowest BCUT2D eigenvalue weighted by molar-refractivity contribution is 0.0790. The van der Waals surface area contributed by atoms with E-state index in [-0.39, 0.29) is 11.5 Å². The van der Waals surface area contributed by atoms with Gasteiger partial charge in [-0.1, -0.05) is 33.8 Å². The molecule has 0 aromatic carbocycles. The number of hydrogen-bond acceptors (Lipinski definition) is 3. The molecule has 0 saturated carbocycles. The lowest BCUT2D eigenvalue weighted by atomic mass is 9.81. The normalized spacial score (nSPS) is 15.6. The van der Waals surface area contributed by atoms with Crippen LogP contribution in [-0.4, -0.2) is 28.5 Å². The third-order valence-corrected chi connectivity index (χ3v) is 3.50. The van der Waals surface area contributed by atoms with Crippen molar-refractivity contribution in [2.75, 3.05) is 6.54 Å². The summed E-state index contributed by atoms with van der Waals surface area (Å²) >= 11 is 0. The molecule has 0 bridgehead atoms. The van der Waals surface area contributed by atoms with Gasteiger partial charge in [-0.05, 0) is 37.9 Å². The maximum Gasteiger partial charge on any atom is 0.0547 e. The Balaban J connectivity index is 2.93. The van der Waals surface area contributed by atoms with E-state index < -0.39 is 0 Å². The highest BCUT2D eigenvalue weighted by Gasteiger charge is 2.32. The second-order valence-electron chi connectivity index (χ2n) is 6.50. The first-order valence-electron chi connectivity index (χ1n) is 7.18. The van der Waals surface area contributed by atoms with Crippen molar-refractivity contribution in [1.82, 2.24) is 9.88 Å². The van der Waals surface area contributed by atoms with Gasteiger partial charge in [0.2, 0.25) is 0 Å². The van der Waals surface area contributed by atoms with E-state index in [4.69, 9.17) is 5.73 Å². The Morgan fingerprint density at radius 1 is 1.32 bits per heavy atom. The van der Waals surface area contributed by atoms with Crippen LogP contribution in [0.5, 0.6) is 0 Å². The van der Waals surface area contributed by atoms with Crippen LogP contribution < -0.4 is 5.73 Å². The van der Waals surface area contributed by atoms with Gasteiger partial charge < -0.3 is 5.73 Å². The van der Waals surface area contributed by atoms with Crippen LogP contribution in [0.2, 0.25) is 0 Å². The minimum atomic E-state index is 0.143. The number of likely N-dealkylation sites (N-methyl/N-ethyl adjacent to an activating group) is 1. The Morgan fingerprint density at radius 3 is 2.37 bits per heavy atom. The molecule has 1 aromatic heterocycles. The van der Waals surface area contributed by atoms with Crippen LogP contribution in [-0.2, 0) is 6.54 Å². The number of rotatable bonds is 5. The number of nitrogens with two attached hydrogens (primary N) is 1. The van der Waals surface area contributed by atoms with Gasteiger partial charge in [-0.3, -0.25) is 9.88 Å². The van der Waals surface area contributed by atoms with Crippen molar-refractivity contribution in [2.24, 2.45) is 11.1 Å². The molecule has 2 atom stereocenters. The molecule has 3 nitrogen and oxygen atoms in total. The third-order valence-electron chi connectivity index (χ3n) is 3.50. The van der Waals surface area contributed by atoms with E-state index in [1.807, 2.05) is 13.0 Å². The van der Waals surface area contributed by atoms with Crippen LogP contribution in [0.15, 0.2) is 18.2 Å². The third kappa shape index (κ3) is 4.59. The van der Waals surface area contributed by atoms with E-state index in [0.29, 0.717) is 6.04 Å². The van der Waals surface area contributed by atoms with Crippen molar-refractivity contribution in [3.8, 4) is 0 Å². The first-order chi connectivity index (χ1) is 8.75. The van der Waals surface area contributed by atoms with Gasteiger partial charge in [-0.15, -0.1) is 0 Å². The van der Waals surface area contributed by atoms with Gasteiger partial charge >= 0.3 is 0 Å². The van der Waals surface area contributed by atoms with Crippen LogP contribution >= 0.6 is 0 Å². The Labute approximate surface area is 118 Å². The van der Waals surface area contributed by atoms with E-state index >= 15 is 0 Å². The summed E-state index contributed by atoms with van der Waals surface area (Å²) < 4.78 is 0. The van der Waals surface area contributed by atoms with E-state index in [1.54, 1.807) is 0 Å². The molecule has 0 saturated heterocycles. The molecule has 0 spiro atoms. The highest BCUT2D eigenvalue weighted by molar-refractivity contribution is 5.10. The summed E-state index contributed by atoms with van der Waals surface area (Å²) in [6.45, 7) is 14.9. The number of nitrogens with zero attached hydrogens (tertiary/aromatic N) is 2. The number of pyridine rings is 1. The largest absolute Gasteiger partial charge is 0.327 e. The van der Waals surface area contributed by atoms with Gasteiger partial charge in [0.1, 0.15) is 0 Å². The molecule has 1 aromatic rings. The standard InChI is InChI=1S/C16H29N3/c1-7-19(15(13(3)17)16(4,5)6)11-14-10-8-9-12(2)18-14/h8-10,13,15H,7,11,17H2,1-6H3. The van der Waals surface area contributed by atoms with Crippen molar-refractivity contribution >= 4 is 0 Å². The molecule has 1 heterocycles. The Kier molecular flexibility index (Phi) is 5.50. The van der Waals surface area contributed by atoms with Gasteiger partial charge in [0.05, 0.1) is 5.69 Å². The van der Waals surface area contributed by atoms with E-state index in [2.05, 4.69) is 56.6 Å². The number of hydrogen-bond donors (Lipinski definition) is 1. The first kappa shape index (κ1) is 16.1. The minimum absolute atomic E-state index is 0.143. The van der Waals surface area contributed by atoms with Crippen molar-refractivity contribution in [1.29, 1.82) is 0 Å². The summed E-state index contributed by atoms with van der Waals surface area (Å²) in [5.74, 6) is 0. The zero-order chi connectivity index (χ0) is 14.6. The molecular formula is C16H29N3. The topological polar surface area (TPSA) is 42.2 Å². The summed E-state index contributed by atoms with van der Waals surface area (Å²) in [7, 11) is 0. The average molecular weight is 263 g/mol. The average Bonchev–Trinajstić information content (AvgIpc) is 2.25. The highest BCUT2D eigenvalue weighted by atomic mass is 15.2. The van der Waals surface area contributed by atoms with Gasteiger partial charge in [-0.25, -0.2) is 0 Å². The fraction of sp³-hybridized carbons (Fsp3) is 0.688. The number of aromatic nitrogens is 1. The lowest BCUT2D eigenvalue weighted by Crippen LogP contribution is -2.53. The van der Waals surface area contributed by atoms with Crippen molar-refractivity contribution < 1.29 is 0 Å². The number of aryl methyl sites for hydroxylation is 1. The van der Waals surface area contributed by atoms with Crippen LogP contribution in [0.25, 0.3) is 0 Å². The van der Waals surface area contributed by atoms with Crippen molar-refractivity contribution in [2.45, 2.75) is 60.2 Å². The molecule has 2 unspecified atom stereocenters. The van der Waals surface area contributed by atoms with Gasteiger partial charge in [-0.2, -0.15) is 0 Å². The Bertz CT molecular complexity index is 393. The molecule has 0 aliphatic carbocycles. The second kappa shape index (κ2) is 6.49. The smallest absolute Gasteiger partial charge is 0.0547 e. The van der Waals surface area contributed by atoms with Gasteiger partial charge in [0.25, 0.3) is 0 Å². The molecule has 2 N–H and O–H groups in total. The summed E-state index contributed by atoms with van der Waals surface area (Å²) in [6, 6.07) is 6.69. The van der Waals surface area contributed by atoms with Crippen LogP contribution in [0.3, 0.4) is 0 Å². The summed E-state index contributed by atoms with van der Waals surface area (Å²) in [6.07, 6.45) is 0. The van der Waals surface area contributed by atoms with Crippen molar-refractivity contribution in [3.05, 3.63) is 29.6 Å². The van der Waals surface area contributed by atoms with Crippen LogP contribution in [0, 0.1) is 12.3 Å². The van der Waals surface area contributed by atoms with E-state index in [1.165, 1.54) is 0 Å². The Morgan fingerprint density at radius 2 is 1.95 bits per heavy atom. The predicted octanol–water partition coefficient (Wildman–Crippen LogP) is 2.97. The second-order valence-corrected chi connectivity index (χ2v) is 6.50. The van der Waals surface area contributed by atoms with Gasteiger partial charge in [0, 0.05) is 24.3 Å². The van der Waals surface area contributed by atoms with E-state index in [9.17, 15) is 0 Å². The lowest BCUT2D eigenvalue weighted by Gasteiger charge is -2.42. The molecule has 0 aliphatic heterocycles. The van der Waals surface area contributed by atoms with Crippen molar-refractivity contribution in [3.63, 3.8) is 0 Å². The summed E-state index contributed by atoms with van der Waals surface area (Å²) in [4.78, 5) is 7.04. The summed E-state index contributed by atoms with van der Waals surface area (Å²) in [5.41, 5.74) is 8.57. The molecule has 19 heavy (non-hydrogen) atoms. The molecule has 108 valence electrons. The summed E-state index contributed by atoms with van der Waals surface area (Å²) in [5, 5.41) is 0. The fourth-order valence-electron chi connectivity index (χ4n) is 2.97. The molecule has 0 fully saturated rings. The zero-order valence-electron chi connectivity index (χ0n) is 13.3.